The van der Waals surface area contributed by atoms with Crippen LogP contribution in [-0.2, 0) is 19.1 Å². The van der Waals surface area contributed by atoms with Gasteiger partial charge < -0.3 is 19.6 Å². The molecule has 5 atom stereocenters. The molecule has 1 unspecified atom stereocenters. The summed E-state index contributed by atoms with van der Waals surface area (Å²) in [5.74, 6) is -2.02. The number of cyclic esters (lactones) is 1. The molecule has 158 valence electrons. The minimum Gasteiger partial charge on any atom is -0.465 e. The first-order valence-corrected chi connectivity index (χ1v) is 11.2. The van der Waals surface area contributed by atoms with Gasteiger partial charge >= 0.3 is 5.97 Å². The Morgan fingerprint density at radius 1 is 1.28 bits per heavy atom. The number of aliphatic hydroxyl groups excluding tert-OH is 1. The van der Waals surface area contributed by atoms with E-state index in [1.165, 1.54) is 16.7 Å². The number of nitrogens with zero attached hydrogens (tertiary/aromatic N) is 2. The van der Waals surface area contributed by atoms with E-state index in [1.54, 1.807) is 4.90 Å². The summed E-state index contributed by atoms with van der Waals surface area (Å²) in [5.41, 5.74) is 0. The number of rotatable bonds is 3. The monoisotopic (exact) mass is 420 g/mol. The number of amides is 2. The van der Waals surface area contributed by atoms with Gasteiger partial charge in [-0.25, -0.2) is 0 Å². The van der Waals surface area contributed by atoms with Crippen molar-refractivity contribution in [1.29, 1.82) is 0 Å². The first kappa shape index (κ1) is 20.5. The maximum atomic E-state index is 13.6. The lowest BCUT2D eigenvalue weighted by Gasteiger charge is -2.36. The number of esters is 1. The lowest BCUT2D eigenvalue weighted by atomic mass is 9.78. The predicted octanol–water partition coefficient (Wildman–Crippen LogP) is 0.976. The summed E-state index contributed by atoms with van der Waals surface area (Å²) in [6.07, 6.45) is 9.57. The second-order valence-corrected chi connectivity index (χ2v) is 9.81. The van der Waals surface area contributed by atoms with Crippen molar-refractivity contribution >= 4 is 29.5 Å². The molecule has 0 aromatic rings. The molecule has 7 nitrogen and oxygen atoms in total. The van der Waals surface area contributed by atoms with Crippen LogP contribution in [0.3, 0.4) is 0 Å². The van der Waals surface area contributed by atoms with Gasteiger partial charge in [0.1, 0.15) is 6.04 Å². The number of ether oxygens (including phenoxy) is 1. The molecular formula is C21H28N2O5S. The first-order valence-electron chi connectivity index (χ1n) is 10.3. The molecule has 1 spiro atoms. The number of carbonyl (C=O) groups excluding carboxylic acids is 3. The smallest absolute Gasteiger partial charge is 0.311 e. The van der Waals surface area contributed by atoms with Crippen molar-refractivity contribution in [3.05, 3.63) is 24.3 Å². The average molecular weight is 421 g/mol. The van der Waals surface area contributed by atoms with E-state index in [9.17, 15) is 19.5 Å². The van der Waals surface area contributed by atoms with Crippen molar-refractivity contribution in [3.8, 4) is 0 Å². The normalized spacial score (nSPS) is 38.0. The van der Waals surface area contributed by atoms with Crippen molar-refractivity contribution in [2.75, 3.05) is 26.3 Å². The van der Waals surface area contributed by atoms with Crippen LogP contribution in [0.5, 0.6) is 0 Å². The SMILES string of the molecule is CC(C)N1CC=C[C@]23S[C@H]4/C=C\CCCOC(=O)[C@H]4[C@H]2C(=O)N(CCO)C3C1=O. The van der Waals surface area contributed by atoms with Crippen LogP contribution in [0.2, 0.25) is 0 Å². The van der Waals surface area contributed by atoms with Crippen LogP contribution >= 0.6 is 11.8 Å². The third-order valence-electron chi connectivity index (χ3n) is 6.35. The van der Waals surface area contributed by atoms with Gasteiger partial charge in [0.05, 0.1) is 29.8 Å². The molecule has 0 aromatic carbocycles. The van der Waals surface area contributed by atoms with Gasteiger partial charge in [-0.1, -0.05) is 24.3 Å². The van der Waals surface area contributed by atoms with E-state index in [0.717, 1.165) is 12.8 Å². The Morgan fingerprint density at radius 2 is 2.07 bits per heavy atom. The molecule has 8 heteroatoms. The maximum Gasteiger partial charge on any atom is 0.311 e. The van der Waals surface area contributed by atoms with Gasteiger partial charge in [-0.15, -0.1) is 11.8 Å². The van der Waals surface area contributed by atoms with E-state index < -0.39 is 22.6 Å². The maximum absolute atomic E-state index is 13.6. The van der Waals surface area contributed by atoms with Gasteiger partial charge in [-0.05, 0) is 26.7 Å². The number of carbonyl (C=O) groups is 3. The molecule has 2 fully saturated rings. The van der Waals surface area contributed by atoms with E-state index in [1.807, 2.05) is 32.1 Å². The van der Waals surface area contributed by atoms with Crippen LogP contribution in [0.15, 0.2) is 24.3 Å². The summed E-state index contributed by atoms with van der Waals surface area (Å²) >= 11 is 1.53. The molecule has 1 N–H and O–H groups in total. The topological polar surface area (TPSA) is 87.2 Å². The van der Waals surface area contributed by atoms with E-state index in [2.05, 4.69) is 6.08 Å². The van der Waals surface area contributed by atoms with E-state index in [0.29, 0.717) is 13.2 Å². The highest BCUT2D eigenvalue weighted by atomic mass is 32.2. The van der Waals surface area contributed by atoms with E-state index in [-0.39, 0.29) is 42.2 Å². The Labute approximate surface area is 175 Å². The van der Waals surface area contributed by atoms with Gasteiger partial charge in [-0.3, -0.25) is 14.4 Å². The zero-order chi connectivity index (χ0) is 20.8. The number of hydrogen-bond acceptors (Lipinski definition) is 6. The molecule has 2 amide bonds. The van der Waals surface area contributed by atoms with Gasteiger partial charge in [0.2, 0.25) is 11.8 Å². The largest absolute Gasteiger partial charge is 0.465 e. The second kappa shape index (κ2) is 7.80. The van der Waals surface area contributed by atoms with Gasteiger partial charge in [0.15, 0.2) is 0 Å². The Bertz CT molecular complexity index is 766. The zero-order valence-electron chi connectivity index (χ0n) is 16.8. The number of thioether (sulfide) groups is 1. The van der Waals surface area contributed by atoms with Crippen molar-refractivity contribution in [2.45, 2.75) is 48.8 Å². The molecule has 0 bridgehead atoms. The predicted molar refractivity (Wildman–Crippen MR) is 109 cm³/mol. The summed E-state index contributed by atoms with van der Waals surface area (Å²) in [6.45, 7) is 4.56. The summed E-state index contributed by atoms with van der Waals surface area (Å²) in [4.78, 5) is 43.3. The standard InChI is InChI=1S/C21H28N2O5S/c1-13(2)22-9-6-8-21-16(18(25)23(10-11-24)17(21)19(22)26)15-14(29-21)7-4-3-5-12-28-20(15)27/h4,6-8,13-17,24H,3,5,9-12H2,1-2H3/b7-4-/t14-,15+,16-,17?,21-/m0/s1. The molecule has 29 heavy (non-hydrogen) atoms. The minimum absolute atomic E-state index is 0.0131. The Balaban J connectivity index is 1.83. The van der Waals surface area contributed by atoms with Gasteiger partial charge in [0.25, 0.3) is 0 Å². The quantitative estimate of drug-likeness (QED) is 0.541. The number of fused-ring (bicyclic) bond motifs is 2. The Morgan fingerprint density at radius 3 is 2.79 bits per heavy atom. The fraction of sp³-hybridized carbons (Fsp3) is 0.667. The number of aliphatic hydroxyl groups is 1. The Hall–Kier alpha value is -1.80. The first-order chi connectivity index (χ1) is 13.9. The van der Waals surface area contributed by atoms with Gasteiger partial charge in [0, 0.05) is 24.4 Å². The minimum atomic E-state index is -0.829. The second-order valence-electron chi connectivity index (χ2n) is 8.32. The average Bonchev–Trinajstić information content (AvgIpc) is 3.07. The molecule has 4 heterocycles. The summed E-state index contributed by atoms with van der Waals surface area (Å²) < 4.78 is 4.66. The number of allylic oxidation sites excluding steroid dienone is 1. The van der Waals surface area contributed by atoms with Crippen LogP contribution in [0.4, 0.5) is 0 Å². The molecule has 0 radical (unpaired) electrons. The molecule has 4 aliphatic rings. The molecule has 2 saturated heterocycles. The Kier molecular flexibility index (Phi) is 5.50. The number of hydrogen-bond donors (Lipinski definition) is 1. The van der Waals surface area contributed by atoms with E-state index >= 15 is 0 Å². The highest BCUT2D eigenvalue weighted by Gasteiger charge is 2.70. The van der Waals surface area contributed by atoms with Crippen LogP contribution in [-0.4, -0.2) is 81.1 Å². The highest BCUT2D eigenvalue weighted by Crippen LogP contribution is 2.60. The molecular weight excluding hydrogens is 392 g/mol. The molecule has 0 aromatic heterocycles. The highest BCUT2D eigenvalue weighted by molar-refractivity contribution is 8.02. The van der Waals surface area contributed by atoms with Crippen LogP contribution in [0.1, 0.15) is 26.7 Å². The molecule has 0 aliphatic carbocycles. The lowest BCUT2D eigenvalue weighted by molar-refractivity contribution is -0.153. The summed E-state index contributed by atoms with van der Waals surface area (Å²) in [6, 6.07) is -0.740. The molecule has 0 saturated carbocycles. The zero-order valence-corrected chi connectivity index (χ0v) is 17.6. The fourth-order valence-corrected chi connectivity index (χ4v) is 7.08. The molecule has 4 rings (SSSR count). The van der Waals surface area contributed by atoms with Crippen molar-refractivity contribution in [3.63, 3.8) is 0 Å². The van der Waals surface area contributed by atoms with Crippen LogP contribution < -0.4 is 0 Å². The molecule has 4 aliphatic heterocycles. The number of likely N-dealkylation sites (tertiary alicyclic amines) is 1. The summed E-state index contributed by atoms with van der Waals surface area (Å²) in [5, 5.41) is 9.37. The van der Waals surface area contributed by atoms with Crippen molar-refractivity contribution in [1.82, 2.24) is 9.80 Å². The number of β-amino-alcohol motifs (C(OH)–C–C–N with tert-alkyl or cyclic N) is 1. The summed E-state index contributed by atoms with van der Waals surface area (Å²) in [7, 11) is 0. The lowest BCUT2D eigenvalue weighted by Crippen LogP contribution is -2.54. The van der Waals surface area contributed by atoms with Gasteiger partial charge in [-0.2, -0.15) is 0 Å². The fourth-order valence-electron chi connectivity index (χ4n) is 5.08. The van der Waals surface area contributed by atoms with Crippen molar-refractivity contribution < 1.29 is 24.2 Å². The third kappa shape index (κ3) is 3.11. The van der Waals surface area contributed by atoms with Crippen LogP contribution in [0, 0.1) is 11.8 Å². The van der Waals surface area contributed by atoms with E-state index in [4.69, 9.17) is 4.74 Å². The van der Waals surface area contributed by atoms with Crippen LogP contribution in [0.25, 0.3) is 0 Å². The third-order valence-corrected chi connectivity index (χ3v) is 8.09. The van der Waals surface area contributed by atoms with Crippen molar-refractivity contribution in [2.24, 2.45) is 11.8 Å².